The first-order valence-electron chi connectivity index (χ1n) is 8.65. The summed E-state index contributed by atoms with van der Waals surface area (Å²) >= 11 is 0. The molecule has 0 aromatic heterocycles. The van der Waals surface area contributed by atoms with E-state index in [0.717, 1.165) is 5.46 Å². The van der Waals surface area contributed by atoms with Gasteiger partial charge in [0.1, 0.15) is 0 Å². The van der Waals surface area contributed by atoms with Crippen LogP contribution in [0.15, 0.2) is 24.3 Å². The standard InChI is InChI=1S/C18H27BO4/c1-20-11-14-12-22-19(23-13-14)17-7-3-15(4-8-17)16-5-9-18(21-2)10-6-16/h3-4,7-8,14,16,18H,5-6,9-13H2,1-2H3. The molecule has 1 aliphatic heterocycles. The first-order valence-corrected chi connectivity index (χ1v) is 8.65. The van der Waals surface area contributed by atoms with Crippen molar-refractivity contribution in [3.05, 3.63) is 29.8 Å². The van der Waals surface area contributed by atoms with Crippen molar-refractivity contribution in [3.8, 4) is 0 Å². The van der Waals surface area contributed by atoms with E-state index in [2.05, 4.69) is 24.3 Å². The monoisotopic (exact) mass is 318 g/mol. The second-order valence-corrected chi connectivity index (χ2v) is 6.70. The Morgan fingerprint density at radius 2 is 1.65 bits per heavy atom. The Morgan fingerprint density at radius 1 is 1.00 bits per heavy atom. The summed E-state index contributed by atoms with van der Waals surface area (Å²) in [5.41, 5.74) is 2.53. The molecule has 2 fully saturated rings. The van der Waals surface area contributed by atoms with Crippen molar-refractivity contribution >= 4 is 12.6 Å². The minimum absolute atomic E-state index is 0.235. The van der Waals surface area contributed by atoms with Gasteiger partial charge in [0.2, 0.25) is 0 Å². The molecule has 2 aliphatic rings. The average molecular weight is 318 g/mol. The van der Waals surface area contributed by atoms with Gasteiger partial charge in [0.15, 0.2) is 0 Å². The highest BCUT2D eigenvalue weighted by Crippen LogP contribution is 2.33. The maximum absolute atomic E-state index is 5.82. The van der Waals surface area contributed by atoms with Gasteiger partial charge in [-0.25, -0.2) is 0 Å². The van der Waals surface area contributed by atoms with Gasteiger partial charge in [-0.3, -0.25) is 0 Å². The van der Waals surface area contributed by atoms with Gasteiger partial charge in [0, 0.05) is 33.4 Å². The van der Waals surface area contributed by atoms with E-state index in [1.807, 2.05) is 7.11 Å². The van der Waals surface area contributed by atoms with Crippen LogP contribution >= 0.6 is 0 Å². The quantitative estimate of drug-likeness (QED) is 0.781. The second kappa shape index (κ2) is 8.29. The van der Waals surface area contributed by atoms with Gasteiger partial charge < -0.3 is 18.8 Å². The topological polar surface area (TPSA) is 36.9 Å². The second-order valence-electron chi connectivity index (χ2n) is 6.70. The van der Waals surface area contributed by atoms with E-state index in [1.54, 1.807) is 7.11 Å². The molecule has 4 nitrogen and oxygen atoms in total. The van der Waals surface area contributed by atoms with E-state index in [4.69, 9.17) is 18.8 Å². The molecule has 0 radical (unpaired) electrons. The molecular weight excluding hydrogens is 291 g/mol. The van der Waals surface area contributed by atoms with Gasteiger partial charge in [-0.2, -0.15) is 0 Å². The van der Waals surface area contributed by atoms with E-state index in [0.29, 0.717) is 37.8 Å². The van der Waals surface area contributed by atoms with Gasteiger partial charge >= 0.3 is 7.12 Å². The minimum atomic E-state index is -0.235. The molecule has 0 unspecified atom stereocenters. The number of hydrogen-bond donors (Lipinski definition) is 0. The Labute approximate surface area is 139 Å². The number of rotatable bonds is 5. The molecule has 1 aromatic rings. The number of methoxy groups -OCH3 is 2. The molecule has 1 aliphatic carbocycles. The van der Waals surface area contributed by atoms with Crippen LogP contribution in [0.25, 0.3) is 0 Å². The van der Waals surface area contributed by atoms with E-state index in [1.165, 1.54) is 31.2 Å². The summed E-state index contributed by atoms with van der Waals surface area (Å²) in [4.78, 5) is 0. The van der Waals surface area contributed by atoms with Gasteiger partial charge in [0.25, 0.3) is 0 Å². The van der Waals surface area contributed by atoms with Crippen molar-refractivity contribution in [2.24, 2.45) is 5.92 Å². The smallest absolute Gasteiger partial charge is 0.407 e. The summed E-state index contributed by atoms with van der Waals surface area (Å²) in [7, 11) is 3.30. The van der Waals surface area contributed by atoms with Crippen molar-refractivity contribution in [2.45, 2.75) is 37.7 Å². The third kappa shape index (κ3) is 4.35. The molecule has 0 atom stereocenters. The van der Waals surface area contributed by atoms with Gasteiger partial charge in [-0.15, -0.1) is 0 Å². The Hall–Kier alpha value is -0.875. The van der Waals surface area contributed by atoms with E-state index in [-0.39, 0.29) is 7.12 Å². The molecule has 0 N–H and O–H groups in total. The summed E-state index contributed by atoms with van der Waals surface area (Å²) in [5.74, 6) is 1.00. The van der Waals surface area contributed by atoms with Crippen LogP contribution in [0.3, 0.4) is 0 Å². The molecule has 5 heteroatoms. The zero-order chi connectivity index (χ0) is 16.1. The largest absolute Gasteiger partial charge is 0.493 e. The summed E-state index contributed by atoms with van der Waals surface area (Å²) in [5, 5.41) is 0. The lowest BCUT2D eigenvalue weighted by Crippen LogP contribution is -2.45. The van der Waals surface area contributed by atoms with Gasteiger partial charge in [-0.05, 0) is 42.6 Å². The number of ether oxygens (including phenoxy) is 2. The van der Waals surface area contributed by atoms with Crippen LogP contribution in [0.4, 0.5) is 0 Å². The zero-order valence-electron chi connectivity index (χ0n) is 14.2. The highest BCUT2D eigenvalue weighted by atomic mass is 16.6. The van der Waals surface area contributed by atoms with Crippen molar-refractivity contribution in [1.82, 2.24) is 0 Å². The van der Waals surface area contributed by atoms with Crippen LogP contribution in [0.1, 0.15) is 37.2 Å². The number of benzene rings is 1. The van der Waals surface area contributed by atoms with Crippen LogP contribution < -0.4 is 5.46 Å². The molecule has 23 heavy (non-hydrogen) atoms. The Kier molecular flexibility index (Phi) is 6.11. The van der Waals surface area contributed by atoms with Crippen molar-refractivity contribution in [1.29, 1.82) is 0 Å². The maximum atomic E-state index is 5.82. The molecular formula is C18H27BO4. The van der Waals surface area contributed by atoms with E-state index < -0.39 is 0 Å². The maximum Gasteiger partial charge on any atom is 0.493 e. The molecule has 0 bridgehead atoms. The predicted molar refractivity (Wildman–Crippen MR) is 91.1 cm³/mol. The average Bonchev–Trinajstić information content (AvgIpc) is 2.63. The Morgan fingerprint density at radius 3 is 2.22 bits per heavy atom. The third-order valence-corrected chi connectivity index (χ3v) is 5.06. The van der Waals surface area contributed by atoms with E-state index >= 15 is 0 Å². The van der Waals surface area contributed by atoms with Crippen LogP contribution in [-0.4, -0.2) is 47.3 Å². The van der Waals surface area contributed by atoms with Crippen LogP contribution in [0.2, 0.25) is 0 Å². The van der Waals surface area contributed by atoms with Gasteiger partial charge in [-0.1, -0.05) is 24.3 Å². The van der Waals surface area contributed by atoms with E-state index in [9.17, 15) is 0 Å². The molecule has 0 amide bonds. The molecule has 126 valence electrons. The lowest BCUT2D eigenvalue weighted by Gasteiger charge is -2.29. The molecule has 1 aromatic carbocycles. The first-order chi connectivity index (χ1) is 11.3. The SMILES string of the molecule is COCC1COB(c2ccc(C3CCC(OC)CC3)cc2)OC1. The Bertz CT molecular complexity index is 462. The highest BCUT2D eigenvalue weighted by Gasteiger charge is 2.29. The Balaban J connectivity index is 1.53. The highest BCUT2D eigenvalue weighted by molar-refractivity contribution is 6.61. The summed E-state index contributed by atoms with van der Waals surface area (Å²) in [6.45, 7) is 2.08. The third-order valence-electron chi connectivity index (χ3n) is 5.06. The van der Waals surface area contributed by atoms with Gasteiger partial charge in [0.05, 0.1) is 12.7 Å². The summed E-state index contributed by atoms with van der Waals surface area (Å²) in [6.07, 6.45) is 5.21. The molecule has 1 saturated heterocycles. The van der Waals surface area contributed by atoms with Crippen molar-refractivity contribution in [2.75, 3.05) is 34.0 Å². The van der Waals surface area contributed by atoms with Crippen LogP contribution in [0, 0.1) is 5.92 Å². The summed E-state index contributed by atoms with van der Waals surface area (Å²) in [6, 6.07) is 8.78. The van der Waals surface area contributed by atoms with Crippen molar-refractivity contribution in [3.63, 3.8) is 0 Å². The lowest BCUT2D eigenvalue weighted by molar-refractivity contribution is 0.0364. The molecule has 1 saturated carbocycles. The summed E-state index contributed by atoms with van der Waals surface area (Å²) < 4.78 is 22.3. The zero-order valence-corrected chi connectivity index (χ0v) is 14.2. The fraction of sp³-hybridized carbons (Fsp3) is 0.667. The molecule has 0 spiro atoms. The first kappa shape index (κ1) is 17.0. The van der Waals surface area contributed by atoms with Crippen molar-refractivity contribution < 1.29 is 18.8 Å². The van der Waals surface area contributed by atoms with Crippen LogP contribution in [-0.2, 0) is 18.8 Å². The fourth-order valence-corrected chi connectivity index (χ4v) is 3.62. The minimum Gasteiger partial charge on any atom is -0.407 e. The predicted octanol–water partition coefficient (Wildman–Crippen LogP) is 2.36. The number of hydrogen-bond acceptors (Lipinski definition) is 4. The normalized spacial score (nSPS) is 26.4. The van der Waals surface area contributed by atoms with Crippen LogP contribution in [0.5, 0.6) is 0 Å². The molecule has 1 heterocycles. The lowest BCUT2D eigenvalue weighted by atomic mass is 9.75. The molecule has 3 rings (SSSR count). The fourth-order valence-electron chi connectivity index (χ4n) is 3.62.